The third-order valence-corrected chi connectivity index (χ3v) is 6.01. The number of hydrogen-bond acceptors (Lipinski definition) is 12. The largest absolute Gasteiger partial charge is 0.462 e. The quantitative estimate of drug-likeness (QED) is 0.147. The summed E-state index contributed by atoms with van der Waals surface area (Å²) in [4.78, 5) is 66.7. The van der Waals surface area contributed by atoms with Gasteiger partial charge in [0.25, 0.3) is 11.8 Å². The molecule has 3 atom stereocenters. The number of ether oxygens (including phenoxy) is 3. The number of esters is 2. The van der Waals surface area contributed by atoms with E-state index in [0.717, 1.165) is 11.8 Å². The van der Waals surface area contributed by atoms with Gasteiger partial charge in [-0.3, -0.25) is 19.3 Å². The lowest BCUT2D eigenvalue weighted by Gasteiger charge is -2.49. The van der Waals surface area contributed by atoms with Gasteiger partial charge in [-0.2, -0.15) is 0 Å². The zero-order chi connectivity index (χ0) is 25.7. The SMILES string of the molecule is CO/N=C(\C(=O)N[C@@H]1C(=O)N2C(C(=O)O[C@H](C)OC(C)=O)=C(COC(N)=O)CS[C@H]12)c1ccco1. The molecular weight excluding hydrogens is 488 g/mol. The molecule has 15 heteroatoms. The predicted octanol–water partition coefficient (Wildman–Crippen LogP) is -0.168. The third kappa shape index (κ3) is 5.74. The summed E-state index contributed by atoms with van der Waals surface area (Å²) >= 11 is 1.21. The first-order valence-electron chi connectivity index (χ1n) is 10.1. The molecule has 1 saturated heterocycles. The van der Waals surface area contributed by atoms with Gasteiger partial charge < -0.3 is 34.5 Å². The summed E-state index contributed by atoms with van der Waals surface area (Å²) in [5.41, 5.74) is 4.89. The number of carbonyl (C=O) groups is 5. The number of hydrogen-bond donors (Lipinski definition) is 2. The Kier molecular flexibility index (Phi) is 8.01. The van der Waals surface area contributed by atoms with Crippen molar-refractivity contribution in [1.82, 2.24) is 10.2 Å². The maximum Gasteiger partial charge on any atom is 0.404 e. The van der Waals surface area contributed by atoms with Crippen LogP contribution in [0.2, 0.25) is 0 Å². The normalized spacial score (nSPS) is 20.3. The molecule has 0 saturated carbocycles. The second-order valence-corrected chi connectivity index (χ2v) is 8.21. The zero-order valence-corrected chi connectivity index (χ0v) is 19.7. The van der Waals surface area contributed by atoms with Crippen molar-refractivity contribution in [3.63, 3.8) is 0 Å². The van der Waals surface area contributed by atoms with Gasteiger partial charge >= 0.3 is 18.0 Å². The van der Waals surface area contributed by atoms with Crippen molar-refractivity contribution in [3.05, 3.63) is 35.4 Å². The van der Waals surface area contributed by atoms with E-state index in [0.29, 0.717) is 0 Å². The van der Waals surface area contributed by atoms with Gasteiger partial charge in [-0.1, -0.05) is 5.16 Å². The van der Waals surface area contributed by atoms with Gasteiger partial charge in [0, 0.05) is 25.2 Å². The van der Waals surface area contributed by atoms with Gasteiger partial charge in [0.05, 0.1) is 6.26 Å². The lowest BCUT2D eigenvalue weighted by molar-refractivity contribution is -0.182. The fourth-order valence-corrected chi connectivity index (χ4v) is 4.65. The van der Waals surface area contributed by atoms with Crippen LogP contribution in [0.3, 0.4) is 0 Å². The summed E-state index contributed by atoms with van der Waals surface area (Å²) in [7, 11) is 1.25. The number of nitrogens with zero attached hydrogens (tertiary/aromatic N) is 2. The van der Waals surface area contributed by atoms with Crippen LogP contribution in [0.4, 0.5) is 4.79 Å². The number of furan rings is 1. The van der Waals surface area contributed by atoms with Crippen LogP contribution in [0.15, 0.2) is 39.2 Å². The maximum absolute atomic E-state index is 13.0. The Balaban J connectivity index is 1.80. The molecule has 2 aliphatic heterocycles. The first-order valence-corrected chi connectivity index (χ1v) is 11.1. The first kappa shape index (κ1) is 25.6. The highest BCUT2D eigenvalue weighted by molar-refractivity contribution is 8.00. The van der Waals surface area contributed by atoms with Crippen LogP contribution in [0.1, 0.15) is 19.6 Å². The molecule has 0 aromatic carbocycles. The number of nitrogens with two attached hydrogens (primary N) is 1. The van der Waals surface area contributed by atoms with E-state index in [9.17, 15) is 24.0 Å². The zero-order valence-electron chi connectivity index (χ0n) is 18.8. The monoisotopic (exact) mass is 510 g/mol. The molecule has 0 bridgehead atoms. The Labute approximate surface area is 202 Å². The van der Waals surface area contributed by atoms with E-state index in [1.54, 1.807) is 6.07 Å². The second kappa shape index (κ2) is 10.9. The van der Waals surface area contributed by atoms with Crippen LogP contribution >= 0.6 is 11.8 Å². The van der Waals surface area contributed by atoms with Gasteiger partial charge in [0.2, 0.25) is 12.0 Å². The lowest BCUT2D eigenvalue weighted by Crippen LogP contribution is -2.71. The molecule has 3 rings (SSSR count). The first-order chi connectivity index (χ1) is 16.6. The molecule has 1 aromatic rings. The summed E-state index contributed by atoms with van der Waals surface area (Å²) in [6.07, 6.45) is -0.976. The summed E-state index contributed by atoms with van der Waals surface area (Å²) in [6, 6.07) is 2.03. The number of β-lactam (4-membered cyclic amide) rings is 1. The Morgan fingerprint density at radius 1 is 1.34 bits per heavy atom. The number of rotatable bonds is 9. The molecule has 0 spiro atoms. The van der Waals surface area contributed by atoms with Gasteiger partial charge in [-0.25, -0.2) is 9.59 Å². The van der Waals surface area contributed by atoms with Gasteiger partial charge in [-0.05, 0) is 12.1 Å². The predicted molar refractivity (Wildman–Crippen MR) is 117 cm³/mol. The molecule has 188 valence electrons. The minimum absolute atomic E-state index is 0.124. The van der Waals surface area contributed by atoms with Crippen molar-refractivity contribution in [1.29, 1.82) is 0 Å². The molecule has 14 nitrogen and oxygen atoms in total. The van der Waals surface area contributed by atoms with Gasteiger partial charge in [0.15, 0.2) is 5.76 Å². The third-order valence-electron chi connectivity index (χ3n) is 4.67. The number of carbonyl (C=O) groups excluding carboxylic acids is 5. The molecule has 3 amide bonds. The Morgan fingerprint density at radius 2 is 2.09 bits per heavy atom. The molecule has 2 aliphatic rings. The highest BCUT2D eigenvalue weighted by Crippen LogP contribution is 2.41. The number of amides is 3. The molecule has 1 aromatic heterocycles. The van der Waals surface area contributed by atoms with E-state index >= 15 is 0 Å². The average Bonchev–Trinajstić information content (AvgIpc) is 3.32. The number of fused-ring (bicyclic) bond motifs is 1. The summed E-state index contributed by atoms with van der Waals surface area (Å²) < 4.78 is 19.9. The smallest absolute Gasteiger partial charge is 0.404 e. The standard InChI is InChI=1S/C20H22N4O10S/c1-9(25)33-10(2)34-19(28)15-11(7-32-20(21)29)8-35-18-14(17(27)24(15)18)22-16(26)13(23-30-3)12-5-4-6-31-12/h4-6,10,14,18H,7-8H2,1-3H3,(H2,21,29)(H,22,26)/b23-13-/t10-,14-,18-/m1/s1. The van der Waals surface area contributed by atoms with Crippen LogP contribution in [0, 0.1) is 0 Å². The number of thioether (sulfide) groups is 1. The van der Waals surface area contributed by atoms with Crippen molar-refractivity contribution in [2.24, 2.45) is 10.9 Å². The van der Waals surface area contributed by atoms with Crippen LogP contribution in [-0.2, 0) is 38.2 Å². The molecule has 1 fully saturated rings. The van der Waals surface area contributed by atoms with Crippen LogP contribution in [0.5, 0.6) is 0 Å². The van der Waals surface area contributed by atoms with E-state index in [1.165, 1.54) is 38.1 Å². The van der Waals surface area contributed by atoms with Crippen molar-refractivity contribution < 1.29 is 47.4 Å². The average molecular weight is 510 g/mol. The molecule has 35 heavy (non-hydrogen) atoms. The van der Waals surface area contributed by atoms with Crippen molar-refractivity contribution >= 4 is 47.3 Å². The number of nitrogens with one attached hydrogen (secondary N) is 1. The van der Waals surface area contributed by atoms with Crippen LogP contribution < -0.4 is 11.1 Å². The minimum atomic E-state index is -1.24. The van der Waals surface area contributed by atoms with Gasteiger partial charge in [-0.15, -0.1) is 11.8 Å². The highest BCUT2D eigenvalue weighted by atomic mass is 32.2. The Hall–Kier alpha value is -4.01. The molecule has 0 aliphatic carbocycles. The van der Waals surface area contributed by atoms with Crippen LogP contribution in [-0.4, -0.2) is 77.6 Å². The molecule has 3 N–H and O–H groups in total. The highest BCUT2D eigenvalue weighted by Gasteiger charge is 2.55. The second-order valence-electron chi connectivity index (χ2n) is 7.10. The molecular formula is C20H22N4O10S. The van der Waals surface area contributed by atoms with Crippen molar-refractivity contribution in [2.45, 2.75) is 31.6 Å². The summed E-state index contributed by atoms with van der Waals surface area (Å²) in [5.74, 6) is -2.75. The fourth-order valence-electron chi connectivity index (χ4n) is 3.32. The van der Waals surface area contributed by atoms with E-state index in [2.05, 4.69) is 10.5 Å². The molecule has 3 heterocycles. The van der Waals surface area contributed by atoms with E-state index in [4.69, 9.17) is 29.2 Å². The topological polar surface area (TPSA) is 189 Å². The van der Waals surface area contributed by atoms with E-state index in [1.807, 2.05) is 0 Å². The van der Waals surface area contributed by atoms with E-state index in [-0.39, 0.29) is 35.1 Å². The van der Waals surface area contributed by atoms with E-state index < -0.39 is 47.6 Å². The Bertz CT molecular complexity index is 1080. The summed E-state index contributed by atoms with van der Waals surface area (Å²) in [6.45, 7) is 2.09. The summed E-state index contributed by atoms with van der Waals surface area (Å²) in [5, 5.41) is 5.53. The lowest BCUT2D eigenvalue weighted by atomic mass is 10.0. The van der Waals surface area contributed by atoms with Crippen LogP contribution in [0.25, 0.3) is 0 Å². The van der Waals surface area contributed by atoms with Crippen molar-refractivity contribution in [3.8, 4) is 0 Å². The fraction of sp³-hybridized carbons (Fsp3) is 0.400. The molecule has 0 radical (unpaired) electrons. The number of oxime groups is 1. The molecule has 0 unspecified atom stereocenters. The Morgan fingerprint density at radius 3 is 2.69 bits per heavy atom. The maximum atomic E-state index is 13.0. The number of primary amides is 1. The van der Waals surface area contributed by atoms with Gasteiger partial charge in [0.1, 0.15) is 30.8 Å². The van der Waals surface area contributed by atoms with Crippen molar-refractivity contribution in [2.75, 3.05) is 19.5 Å². The minimum Gasteiger partial charge on any atom is -0.462 e.